The lowest BCUT2D eigenvalue weighted by Crippen LogP contribution is -2.36. The van der Waals surface area contributed by atoms with Gasteiger partial charge in [-0.25, -0.2) is 0 Å². The number of nitrogens with one attached hydrogen (secondary N) is 1. The van der Waals surface area contributed by atoms with Crippen LogP contribution in [-0.4, -0.2) is 48.8 Å². The lowest BCUT2D eigenvalue weighted by atomic mass is 10.2. The van der Waals surface area contributed by atoms with E-state index in [1.807, 2.05) is 6.92 Å². The molecule has 8 nitrogen and oxygen atoms in total. The first-order valence-corrected chi connectivity index (χ1v) is 11.0. The maximum Gasteiger partial charge on any atom is 0.294 e. The number of anilines is 1. The molecule has 1 aliphatic heterocycles. The van der Waals surface area contributed by atoms with E-state index in [-0.39, 0.29) is 11.4 Å². The van der Waals surface area contributed by atoms with Crippen LogP contribution in [0.2, 0.25) is 0 Å². The highest BCUT2D eigenvalue weighted by Crippen LogP contribution is 2.34. The van der Waals surface area contributed by atoms with Crippen molar-refractivity contribution in [3.05, 3.63) is 65.6 Å². The first kappa shape index (κ1) is 23.9. The van der Waals surface area contributed by atoms with Crippen molar-refractivity contribution in [3.8, 4) is 17.2 Å². The molecule has 0 unspecified atom stereocenters. The van der Waals surface area contributed by atoms with Crippen molar-refractivity contribution in [2.75, 3.05) is 32.2 Å². The lowest BCUT2D eigenvalue weighted by molar-refractivity contribution is -0.127. The predicted octanol–water partition coefficient (Wildman–Crippen LogP) is 4.33. The van der Waals surface area contributed by atoms with E-state index in [1.165, 1.54) is 0 Å². The van der Waals surface area contributed by atoms with Crippen LogP contribution in [0, 0.1) is 0 Å². The molecule has 2 aromatic rings. The van der Waals surface area contributed by atoms with Gasteiger partial charge >= 0.3 is 0 Å². The molecule has 3 amide bonds. The molecule has 33 heavy (non-hydrogen) atoms. The number of carbonyl (C=O) groups is 3. The van der Waals surface area contributed by atoms with Gasteiger partial charge in [0.25, 0.3) is 11.1 Å². The monoisotopic (exact) mass is 468 g/mol. The van der Waals surface area contributed by atoms with Gasteiger partial charge in [-0.15, -0.1) is 0 Å². The molecule has 3 rings (SSSR count). The summed E-state index contributed by atoms with van der Waals surface area (Å²) in [7, 11) is 1.55. The Balaban J connectivity index is 1.70. The van der Waals surface area contributed by atoms with Crippen molar-refractivity contribution in [2.24, 2.45) is 0 Å². The number of imide groups is 1. The Bertz CT molecular complexity index is 1080. The SMILES string of the molecule is C=CCOc1ccc(/C=C2/SC(=O)N(CC(=O)Nc3ccc(OC)cc3)C2=O)cc1OCC. The second kappa shape index (κ2) is 11.2. The first-order chi connectivity index (χ1) is 15.9. The third kappa shape index (κ3) is 6.17. The summed E-state index contributed by atoms with van der Waals surface area (Å²) in [5.74, 6) is 0.714. The van der Waals surface area contributed by atoms with Crippen LogP contribution in [0.3, 0.4) is 0 Å². The van der Waals surface area contributed by atoms with Crippen LogP contribution in [0.15, 0.2) is 60.0 Å². The smallest absolute Gasteiger partial charge is 0.294 e. The quantitative estimate of drug-likeness (QED) is 0.410. The summed E-state index contributed by atoms with van der Waals surface area (Å²) in [4.78, 5) is 38.6. The Morgan fingerprint density at radius 2 is 1.88 bits per heavy atom. The van der Waals surface area contributed by atoms with E-state index in [0.717, 1.165) is 16.7 Å². The Labute approximate surface area is 196 Å². The normalized spacial score (nSPS) is 14.4. The molecule has 0 radical (unpaired) electrons. The molecule has 0 aliphatic carbocycles. The summed E-state index contributed by atoms with van der Waals surface area (Å²) in [5, 5.41) is 2.16. The Morgan fingerprint density at radius 3 is 2.55 bits per heavy atom. The number of carbonyl (C=O) groups excluding carboxylic acids is 3. The molecule has 1 N–H and O–H groups in total. The van der Waals surface area contributed by atoms with Crippen LogP contribution < -0.4 is 19.5 Å². The van der Waals surface area contributed by atoms with E-state index in [4.69, 9.17) is 14.2 Å². The van der Waals surface area contributed by atoms with Crippen molar-refractivity contribution in [2.45, 2.75) is 6.92 Å². The number of ether oxygens (including phenoxy) is 3. The van der Waals surface area contributed by atoms with Gasteiger partial charge < -0.3 is 19.5 Å². The standard InChI is InChI=1S/C24H24N2O6S/c1-4-12-32-19-11-6-16(13-20(19)31-5-2)14-21-23(28)26(24(29)33-21)15-22(27)25-17-7-9-18(30-3)10-8-17/h4,6-11,13-14H,1,5,12,15H2,2-3H3,(H,25,27)/b21-14+. The fraction of sp³-hybridized carbons (Fsp3) is 0.208. The molecule has 0 spiro atoms. The maximum absolute atomic E-state index is 12.8. The number of hydrogen-bond acceptors (Lipinski definition) is 7. The number of rotatable bonds is 10. The van der Waals surface area contributed by atoms with E-state index in [9.17, 15) is 14.4 Å². The zero-order chi connectivity index (χ0) is 23.8. The summed E-state index contributed by atoms with van der Waals surface area (Å²) in [6, 6.07) is 11.9. The number of methoxy groups -OCH3 is 1. The molecular formula is C24H24N2O6S. The number of benzene rings is 2. The molecule has 1 aliphatic rings. The molecule has 1 heterocycles. The third-order valence-electron chi connectivity index (χ3n) is 4.47. The van der Waals surface area contributed by atoms with E-state index in [2.05, 4.69) is 11.9 Å². The van der Waals surface area contributed by atoms with Gasteiger partial charge in [-0.1, -0.05) is 18.7 Å². The van der Waals surface area contributed by atoms with Crippen LogP contribution in [0.4, 0.5) is 10.5 Å². The average Bonchev–Trinajstić information content (AvgIpc) is 3.06. The van der Waals surface area contributed by atoms with Gasteiger partial charge in [0.1, 0.15) is 18.9 Å². The van der Waals surface area contributed by atoms with Crippen molar-refractivity contribution in [1.82, 2.24) is 4.90 Å². The first-order valence-electron chi connectivity index (χ1n) is 10.1. The Kier molecular flexibility index (Phi) is 8.15. The van der Waals surface area contributed by atoms with Crippen molar-refractivity contribution in [3.63, 3.8) is 0 Å². The fourth-order valence-corrected chi connectivity index (χ4v) is 3.80. The van der Waals surface area contributed by atoms with Gasteiger partial charge in [-0.05, 0) is 66.7 Å². The predicted molar refractivity (Wildman–Crippen MR) is 128 cm³/mol. The second-order valence-corrected chi connectivity index (χ2v) is 7.78. The molecule has 172 valence electrons. The molecule has 0 saturated carbocycles. The summed E-state index contributed by atoms with van der Waals surface area (Å²) in [6.07, 6.45) is 3.22. The number of nitrogens with zero attached hydrogens (tertiary/aromatic N) is 1. The maximum atomic E-state index is 12.8. The van der Waals surface area contributed by atoms with E-state index < -0.39 is 17.1 Å². The van der Waals surface area contributed by atoms with Gasteiger partial charge in [-0.2, -0.15) is 0 Å². The van der Waals surface area contributed by atoms with Crippen LogP contribution in [0.5, 0.6) is 17.2 Å². The second-order valence-electron chi connectivity index (χ2n) is 6.78. The van der Waals surface area contributed by atoms with Gasteiger partial charge in [0.15, 0.2) is 11.5 Å². The summed E-state index contributed by atoms with van der Waals surface area (Å²) in [5.41, 5.74) is 1.20. The van der Waals surface area contributed by atoms with E-state index in [1.54, 1.807) is 61.7 Å². The zero-order valence-corrected chi connectivity index (χ0v) is 19.1. The fourth-order valence-electron chi connectivity index (χ4n) is 2.96. The van der Waals surface area contributed by atoms with Gasteiger partial charge in [0.05, 0.1) is 18.6 Å². The van der Waals surface area contributed by atoms with Crippen LogP contribution >= 0.6 is 11.8 Å². The minimum atomic E-state index is -0.528. The van der Waals surface area contributed by atoms with Crippen LogP contribution in [0.1, 0.15) is 12.5 Å². The molecule has 1 saturated heterocycles. The third-order valence-corrected chi connectivity index (χ3v) is 5.38. The average molecular weight is 469 g/mol. The van der Waals surface area contributed by atoms with Crippen LogP contribution in [0.25, 0.3) is 6.08 Å². The minimum absolute atomic E-state index is 0.222. The largest absolute Gasteiger partial charge is 0.497 e. The number of thioether (sulfide) groups is 1. The van der Waals surface area contributed by atoms with E-state index >= 15 is 0 Å². The number of amides is 3. The highest BCUT2D eigenvalue weighted by atomic mass is 32.2. The number of hydrogen-bond donors (Lipinski definition) is 1. The van der Waals surface area contributed by atoms with Crippen LogP contribution in [-0.2, 0) is 9.59 Å². The van der Waals surface area contributed by atoms with Gasteiger partial charge in [0.2, 0.25) is 5.91 Å². The van der Waals surface area contributed by atoms with E-state index in [0.29, 0.717) is 41.7 Å². The Hall–Kier alpha value is -3.72. The Morgan fingerprint density at radius 1 is 1.12 bits per heavy atom. The molecule has 9 heteroatoms. The van der Waals surface area contributed by atoms with Crippen molar-refractivity contribution < 1.29 is 28.6 Å². The molecular weight excluding hydrogens is 444 g/mol. The van der Waals surface area contributed by atoms with Crippen molar-refractivity contribution >= 4 is 40.6 Å². The molecule has 0 bridgehead atoms. The highest BCUT2D eigenvalue weighted by Gasteiger charge is 2.36. The molecule has 2 aromatic carbocycles. The molecule has 1 fully saturated rings. The summed E-state index contributed by atoms with van der Waals surface area (Å²) in [6.45, 7) is 5.86. The van der Waals surface area contributed by atoms with Crippen molar-refractivity contribution in [1.29, 1.82) is 0 Å². The minimum Gasteiger partial charge on any atom is -0.497 e. The summed E-state index contributed by atoms with van der Waals surface area (Å²) >= 11 is 0.784. The van der Waals surface area contributed by atoms with Gasteiger partial charge in [-0.3, -0.25) is 19.3 Å². The topological polar surface area (TPSA) is 94.2 Å². The van der Waals surface area contributed by atoms with Gasteiger partial charge in [0, 0.05) is 5.69 Å². The summed E-state index contributed by atoms with van der Waals surface area (Å²) < 4.78 is 16.3. The molecule has 0 aromatic heterocycles. The highest BCUT2D eigenvalue weighted by molar-refractivity contribution is 8.18. The molecule has 0 atom stereocenters. The lowest BCUT2D eigenvalue weighted by Gasteiger charge is -2.13. The zero-order valence-electron chi connectivity index (χ0n) is 18.3.